The predicted octanol–water partition coefficient (Wildman–Crippen LogP) is 5.38. The fraction of sp³-hybridized carbons (Fsp3) is 0.172. The summed E-state index contributed by atoms with van der Waals surface area (Å²) in [5.41, 5.74) is 8.67. The molecule has 1 heterocycles. The van der Waals surface area contributed by atoms with Gasteiger partial charge in [0.1, 0.15) is 6.61 Å². The molecule has 0 spiro atoms. The lowest BCUT2D eigenvalue weighted by molar-refractivity contribution is 0.144. The Morgan fingerprint density at radius 2 is 1.68 bits per heavy atom. The number of hydrogen-bond acceptors (Lipinski definition) is 3. The quantitative estimate of drug-likeness (QED) is 0.428. The van der Waals surface area contributed by atoms with Crippen molar-refractivity contribution in [1.82, 2.24) is 15.1 Å². The van der Waals surface area contributed by atoms with E-state index in [9.17, 15) is 4.79 Å². The second kappa shape index (κ2) is 9.29. The molecular formula is C29H25N3O2. The Morgan fingerprint density at radius 3 is 2.35 bits per heavy atom. The Kier molecular flexibility index (Phi) is 5.88. The number of carbonyl (C=O) groups excluding carboxylic acids is 1. The molecule has 3 aromatic carbocycles. The van der Waals surface area contributed by atoms with Crippen LogP contribution in [-0.2, 0) is 4.74 Å². The van der Waals surface area contributed by atoms with Crippen molar-refractivity contribution in [2.24, 2.45) is 0 Å². The highest BCUT2D eigenvalue weighted by Gasteiger charge is 2.28. The number of fused-ring (bicyclic) bond motifs is 3. The minimum Gasteiger partial charge on any atom is -0.449 e. The molecule has 1 aliphatic carbocycles. The average Bonchev–Trinajstić information content (AvgIpc) is 3.37. The van der Waals surface area contributed by atoms with Crippen LogP contribution in [0.4, 0.5) is 4.79 Å². The number of aryl methyl sites for hydroxylation is 2. The van der Waals surface area contributed by atoms with E-state index >= 15 is 0 Å². The van der Waals surface area contributed by atoms with Crippen molar-refractivity contribution in [3.05, 3.63) is 107 Å². The first-order valence-electron chi connectivity index (χ1n) is 11.3. The van der Waals surface area contributed by atoms with E-state index in [1.807, 2.05) is 73.1 Å². The van der Waals surface area contributed by atoms with Crippen LogP contribution in [0.15, 0.2) is 78.9 Å². The molecule has 0 unspecified atom stereocenters. The first-order valence-corrected chi connectivity index (χ1v) is 11.3. The predicted molar refractivity (Wildman–Crippen MR) is 133 cm³/mol. The van der Waals surface area contributed by atoms with Crippen molar-refractivity contribution < 1.29 is 9.53 Å². The van der Waals surface area contributed by atoms with E-state index in [1.165, 1.54) is 22.3 Å². The van der Waals surface area contributed by atoms with Gasteiger partial charge in [0.05, 0.1) is 17.9 Å². The lowest BCUT2D eigenvalue weighted by atomic mass is 9.98. The Hall–Kier alpha value is -4.30. The van der Waals surface area contributed by atoms with Crippen LogP contribution < -0.4 is 5.32 Å². The molecule has 1 aromatic heterocycles. The van der Waals surface area contributed by atoms with Gasteiger partial charge in [0.15, 0.2) is 0 Å². The monoisotopic (exact) mass is 447 g/mol. The van der Waals surface area contributed by atoms with Gasteiger partial charge in [0, 0.05) is 17.2 Å². The first kappa shape index (κ1) is 21.5. The summed E-state index contributed by atoms with van der Waals surface area (Å²) in [6.45, 7) is 4.50. The van der Waals surface area contributed by atoms with Gasteiger partial charge in [-0.1, -0.05) is 66.4 Å². The van der Waals surface area contributed by atoms with Crippen molar-refractivity contribution in [2.45, 2.75) is 19.8 Å². The fourth-order valence-corrected chi connectivity index (χ4v) is 4.52. The van der Waals surface area contributed by atoms with Gasteiger partial charge in [-0.2, -0.15) is 5.10 Å². The zero-order valence-electron chi connectivity index (χ0n) is 19.2. The molecule has 1 N–H and O–H groups in total. The third kappa shape index (κ3) is 4.31. The number of amides is 1. The zero-order chi connectivity index (χ0) is 23.5. The molecule has 0 aliphatic heterocycles. The van der Waals surface area contributed by atoms with E-state index < -0.39 is 6.09 Å². The highest BCUT2D eigenvalue weighted by atomic mass is 16.5. The molecule has 0 bridgehead atoms. The Labute approximate surface area is 199 Å². The SMILES string of the molecule is Cc1cc(C)n(-c2cccc(C#CCNC(=O)OCC3c4ccccc4-c4ccccc43)c2)n1. The normalized spacial score (nSPS) is 11.8. The minimum absolute atomic E-state index is 0.0429. The molecule has 34 heavy (non-hydrogen) atoms. The summed E-state index contributed by atoms with van der Waals surface area (Å²) in [5, 5.41) is 7.25. The van der Waals surface area contributed by atoms with Gasteiger partial charge < -0.3 is 10.1 Å². The zero-order valence-corrected chi connectivity index (χ0v) is 19.2. The van der Waals surface area contributed by atoms with Crippen LogP contribution in [0.2, 0.25) is 0 Å². The number of aromatic nitrogens is 2. The molecule has 4 aromatic rings. The molecule has 5 rings (SSSR count). The largest absolute Gasteiger partial charge is 0.449 e. The van der Waals surface area contributed by atoms with Crippen LogP contribution in [0.25, 0.3) is 16.8 Å². The Balaban J connectivity index is 1.18. The summed E-state index contributed by atoms with van der Waals surface area (Å²) < 4.78 is 7.45. The summed E-state index contributed by atoms with van der Waals surface area (Å²) in [5.74, 6) is 6.14. The van der Waals surface area contributed by atoms with Crippen LogP contribution in [0.3, 0.4) is 0 Å². The summed E-state index contributed by atoms with van der Waals surface area (Å²) in [7, 11) is 0. The number of nitrogens with one attached hydrogen (secondary N) is 1. The third-order valence-electron chi connectivity index (χ3n) is 6.00. The van der Waals surface area contributed by atoms with Gasteiger partial charge >= 0.3 is 6.09 Å². The number of benzene rings is 3. The Morgan fingerprint density at radius 1 is 0.971 bits per heavy atom. The summed E-state index contributed by atoms with van der Waals surface area (Å²) in [4.78, 5) is 12.3. The van der Waals surface area contributed by atoms with E-state index in [4.69, 9.17) is 4.74 Å². The minimum atomic E-state index is -0.465. The van der Waals surface area contributed by atoms with Crippen LogP contribution in [0.1, 0.15) is 34.0 Å². The number of ether oxygens (including phenoxy) is 1. The van der Waals surface area contributed by atoms with Crippen molar-refractivity contribution in [1.29, 1.82) is 0 Å². The van der Waals surface area contributed by atoms with Crippen LogP contribution in [0.5, 0.6) is 0 Å². The lowest BCUT2D eigenvalue weighted by Crippen LogP contribution is -2.26. The van der Waals surface area contributed by atoms with Gasteiger partial charge in [-0.25, -0.2) is 9.48 Å². The van der Waals surface area contributed by atoms with Crippen molar-refractivity contribution in [3.8, 4) is 28.7 Å². The van der Waals surface area contributed by atoms with Crippen LogP contribution in [0, 0.1) is 25.7 Å². The van der Waals surface area contributed by atoms with Gasteiger partial charge in [-0.3, -0.25) is 0 Å². The van der Waals surface area contributed by atoms with Gasteiger partial charge in [-0.15, -0.1) is 0 Å². The number of rotatable bonds is 4. The first-order chi connectivity index (χ1) is 16.6. The van der Waals surface area contributed by atoms with E-state index in [1.54, 1.807) is 0 Å². The second-order valence-corrected chi connectivity index (χ2v) is 8.37. The number of carbonyl (C=O) groups is 1. The summed E-state index contributed by atoms with van der Waals surface area (Å²) >= 11 is 0. The van der Waals surface area contributed by atoms with E-state index in [2.05, 4.69) is 46.5 Å². The van der Waals surface area contributed by atoms with Gasteiger partial charge in [0.2, 0.25) is 0 Å². The van der Waals surface area contributed by atoms with Crippen LogP contribution in [-0.4, -0.2) is 29.0 Å². The van der Waals surface area contributed by atoms with Crippen molar-refractivity contribution in [2.75, 3.05) is 13.2 Å². The topological polar surface area (TPSA) is 56.2 Å². The molecule has 5 nitrogen and oxygen atoms in total. The van der Waals surface area contributed by atoms with Crippen molar-refractivity contribution >= 4 is 6.09 Å². The molecule has 0 atom stereocenters. The highest BCUT2D eigenvalue weighted by molar-refractivity contribution is 5.79. The van der Waals surface area contributed by atoms with Crippen LogP contribution >= 0.6 is 0 Å². The van der Waals surface area contributed by atoms with Gasteiger partial charge in [0.25, 0.3) is 0 Å². The number of hydrogen-bond donors (Lipinski definition) is 1. The molecule has 0 fully saturated rings. The van der Waals surface area contributed by atoms with E-state index in [0.29, 0.717) is 0 Å². The highest BCUT2D eigenvalue weighted by Crippen LogP contribution is 2.44. The maximum atomic E-state index is 12.3. The van der Waals surface area contributed by atoms with Gasteiger partial charge in [-0.05, 0) is 60.4 Å². The molecule has 5 heteroatoms. The average molecular weight is 448 g/mol. The van der Waals surface area contributed by atoms with E-state index in [-0.39, 0.29) is 19.1 Å². The maximum absolute atomic E-state index is 12.3. The molecule has 0 saturated heterocycles. The summed E-state index contributed by atoms with van der Waals surface area (Å²) in [6.07, 6.45) is -0.465. The molecule has 0 saturated carbocycles. The molecule has 1 aliphatic rings. The lowest BCUT2D eigenvalue weighted by Gasteiger charge is -2.14. The van der Waals surface area contributed by atoms with E-state index in [0.717, 1.165) is 22.6 Å². The Bertz CT molecular complexity index is 1380. The number of alkyl carbamates (subject to hydrolysis) is 1. The van der Waals surface area contributed by atoms with Crippen molar-refractivity contribution in [3.63, 3.8) is 0 Å². The fourth-order valence-electron chi connectivity index (χ4n) is 4.52. The molecule has 0 radical (unpaired) electrons. The maximum Gasteiger partial charge on any atom is 0.407 e. The molecule has 168 valence electrons. The smallest absolute Gasteiger partial charge is 0.407 e. The third-order valence-corrected chi connectivity index (χ3v) is 6.00. The second-order valence-electron chi connectivity index (χ2n) is 8.37. The molecule has 1 amide bonds. The summed E-state index contributed by atoms with van der Waals surface area (Å²) in [6, 6.07) is 26.5. The molecular weight excluding hydrogens is 422 g/mol. The number of nitrogens with zero attached hydrogens (tertiary/aromatic N) is 2. The standard InChI is InChI=1S/C29H25N3O2/c1-20-17-21(2)32(31-20)23-11-7-9-22(18-23)10-8-16-30-29(33)34-19-28-26-14-5-3-12-24(26)25-13-4-6-15-27(25)28/h3-7,9,11-15,17-18,28H,16,19H2,1-2H3,(H,30,33).